The van der Waals surface area contributed by atoms with Gasteiger partial charge in [0.05, 0.1) is 18.4 Å². The minimum absolute atomic E-state index is 0.0430. The highest BCUT2D eigenvalue weighted by Crippen LogP contribution is 2.29. The lowest BCUT2D eigenvalue weighted by molar-refractivity contribution is -0.117. The molecule has 0 aliphatic carbocycles. The Morgan fingerprint density at radius 1 is 1.50 bits per heavy atom. The third kappa shape index (κ3) is 2.59. The third-order valence-corrected chi connectivity index (χ3v) is 4.41. The summed E-state index contributed by atoms with van der Waals surface area (Å²) in [7, 11) is -2.31. The summed E-state index contributed by atoms with van der Waals surface area (Å²) in [5.41, 5.74) is 0.609. The van der Waals surface area contributed by atoms with Crippen molar-refractivity contribution in [3.05, 3.63) is 23.8 Å². The van der Waals surface area contributed by atoms with Gasteiger partial charge in [-0.3, -0.25) is 4.79 Å². The normalized spacial score (nSPS) is 18.9. The molecule has 106 valence electrons. The summed E-state index contributed by atoms with van der Waals surface area (Å²) < 4.78 is 27.7. The van der Waals surface area contributed by atoms with Crippen molar-refractivity contribution < 1.29 is 17.9 Å². The average Bonchev–Trinajstić information content (AvgIpc) is 2.80. The number of nitrogens with two attached hydrogens (primary N) is 1. The molecule has 0 spiro atoms. The number of rotatable bonds is 3. The molecule has 1 aliphatic heterocycles. The van der Waals surface area contributed by atoms with Crippen LogP contribution in [0.3, 0.4) is 0 Å². The molecular formula is C12H13N3O4S. The number of ether oxygens (including phenoxy) is 1. The first-order chi connectivity index (χ1) is 9.36. The van der Waals surface area contributed by atoms with E-state index in [2.05, 4.69) is 0 Å². The smallest absolute Gasteiger partial charge is 0.228 e. The van der Waals surface area contributed by atoms with Gasteiger partial charge in [-0.25, -0.2) is 13.6 Å². The van der Waals surface area contributed by atoms with Crippen LogP contribution < -0.4 is 14.8 Å². The molecule has 1 atom stereocenters. The number of sulfonamides is 1. The first-order valence-corrected chi connectivity index (χ1v) is 7.38. The van der Waals surface area contributed by atoms with E-state index in [0.29, 0.717) is 11.4 Å². The Labute approximate surface area is 116 Å². The molecule has 1 unspecified atom stereocenters. The number of benzene rings is 1. The van der Waals surface area contributed by atoms with Crippen LogP contribution in [-0.4, -0.2) is 33.2 Å². The van der Waals surface area contributed by atoms with Crippen molar-refractivity contribution in [1.29, 1.82) is 5.26 Å². The summed E-state index contributed by atoms with van der Waals surface area (Å²) in [5.74, 6) is 0.116. The molecular weight excluding hydrogens is 282 g/mol. The summed E-state index contributed by atoms with van der Waals surface area (Å²) in [6.45, 7) is -0.0430. The first kappa shape index (κ1) is 14.3. The molecule has 1 aliphatic rings. The lowest BCUT2D eigenvalue weighted by Gasteiger charge is -2.18. The fraction of sp³-hybridized carbons (Fsp3) is 0.333. The number of hydrogen-bond donors (Lipinski definition) is 1. The van der Waals surface area contributed by atoms with Crippen molar-refractivity contribution in [2.24, 2.45) is 5.14 Å². The summed E-state index contributed by atoms with van der Waals surface area (Å²) >= 11 is 0. The second-order valence-corrected chi connectivity index (χ2v) is 6.26. The minimum atomic E-state index is -3.78. The Balaban J connectivity index is 2.38. The van der Waals surface area contributed by atoms with Crippen LogP contribution >= 0.6 is 0 Å². The third-order valence-electron chi connectivity index (χ3n) is 3.17. The monoisotopic (exact) mass is 295 g/mol. The van der Waals surface area contributed by atoms with Crippen molar-refractivity contribution in [2.45, 2.75) is 11.7 Å². The molecule has 0 bridgehead atoms. The number of methoxy groups -OCH3 is 1. The molecule has 1 aromatic rings. The van der Waals surface area contributed by atoms with Crippen molar-refractivity contribution in [1.82, 2.24) is 0 Å². The van der Waals surface area contributed by atoms with E-state index in [1.54, 1.807) is 12.1 Å². The van der Waals surface area contributed by atoms with Crippen LogP contribution in [0.2, 0.25) is 0 Å². The quantitative estimate of drug-likeness (QED) is 0.840. The minimum Gasteiger partial charge on any atom is -0.497 e. The van der Waals surface area contributed by atoms with Crippen LogP contribution in [0.1, 0.15) is 12.0 Å². The number of carbonyl (C=O) groups excluding carboxylic acids is 1. The Hall–Kier alpha value is -2.11. The van der Waals surface area contributed by atoms with E-state index in [1.165, 1.54) is 18.1 Å². The fourth-order valence-electron chi connectivity index (χ4n) is 2.09. The van der Waals surface area contributed by atoms with Crippen LogP contribution in [0.15, 0.2) is 18.2 Å². The maximum absolute atomic E-state index is 11.9. The number of hydrogen-bond acceptors (Lipinski definition) is 5. The molecule has 20 heavy (non-hydrogen) atoms. The van der Waals surface area contributed by atoms with E-state index in [0.717, 1.165) is 0 Å². The van der Waals surface area contributed by atoms with Gasteiger partial charge in [-0.05, 0) is 18.2 Å². The van der Waals surface area contributed by atoms with Gasteiger partial charge in [0.2, 0.25) is 15.9 Å². The topological polar surface area (TPSA) is 113 Å². The van der Waals surface area contributed by atoms with E-state index < -0.39 is 15.3 Å². The van der Waals surface area contributed by atoms with Gasteiger partial charge in [-0.1, -0.05) is 0 Å². The highest BCUT2D eigenvalue weighted by atomic mass is 32.2. The predicted octanol–water partition coefficient (Wildman–Crippen LogP) is -0.0393. The number of carbonyl (C=O) groups is 1. The van der Waals surface area contributed by atoms with Gasteiger partial charge in [0, 0.05) is 13.0 Å². The maximum Gasteiger partial charge on any atom is 0.228 e. The van der Waals surface area contributed by atoms with Crippen LogP contribution in [0.4, 0.5) is 5.69 Å². The van der Waals surface area contributed by atoms with Gasteiger partial charge >= 0.3 is 0 Å². The molecule has 8 heteroatoms. The van der Waals surface area contributed by atoms with Gasteiger partial charge in [-0.2, -0.15) is 5.26 Å². The number of primary sulfonamides is 1. The molecule has 0 aromatic heterocycles. The lowest BCUT2D eigenvalue weighted by Crippen LogP contribution is -2.32. The largest absolute Gasteiger partial charge is 0.497 e. The Kier molecular flexibility index (Phi) is 3.65. The molecule has 1 fully saturated rings. The van der Waals surface area contributed by atoms with Gasteiger partial charge in [0.25, 0.3) is 0 Å². The summed E-state index contributed by atoms with van der Waals surface area (Å²) in [6, 6.07) is 6.62. The zero-order valence-electron chi connectivity index (χ0n) is 10.7. The highest BCUT2D eigenvalue weighted by molar-refractivity contribution is 7.89. The molecule has 7 nitrogen and oxygen atoms in total. The van der Waals surface area contributed by atoms with Gasteiger partial charge in [0.1, 0.15) is 17.1 Å². The number of anilines is 1. The summed E-state index contributed by atoms with van der Waals surface area (Å²) in [5, 5.41) is 13.3. The van der Waals surface area contributed by atoms with Crippen LogP contribution in [0, 0.1) is 11.3 Å². The van der Waals surface area contributed by atoms with Crippen molar-refractivity contribution >= 4 is 21.6 Å². The zero-order chi connectivity index (χ0) is 14.9. The first-order valence-electron chi connectivity index (χ1n) is 5.77. The molecule has 1 amide bonds. The highest BCUT2D eigenvalue weighted by Gasteiger charge is 2.37. The van der Waals surface area contributed by atoms with E-state index in [9.17, 15) is 13.2 Å². The lowest BCUT2D eigenvalue weighted by atomic mass is 10.1. The van der Waals surface area contributed by atoms with Crippen LogP contribution in [0.25, 0.3) is 0 Å². The Morgan fingerprint density at radius 2 is 2.20 bits per heavy atom. The SMILES string of the molecule is COc1ccc(N2CC(S(N)(=O)=O)CC2=O)c(C#N)c1. The number of amides is 1. The maximum atomic E-state index is 11.9. The molecule has 1 saturated heterocycles. The Morgan fingerprint density at radius 3 is 2.70 bits per heavy atom. The molecule has 2 N–H and O–H groups in total. The number of nitrogens with zero attached hydrogens (tertiary/aromatic N) is 2. The standard InChI is InChI=1S/C12H13N3O4S/c1-19-9-2-3-11(8(4-9)6-13)15-7-10(5-12(15)16)20(14,17)18/h2-4,10H,5,7H2,1H3,(H2,14,17,18). The summed E-state index contributed by atoms with van der Waals surface area (Å²) in [6.07, 6.45) is -0.171. The molecule has 0 radical (unpaired) electrons. The Bertz CT molecular complexity index is 693. The van der Waals surface area contributed by atoms with Crippen molar-refractivity contribution in [2.75, 3.05) is 18.6 Å². The summed E-state index contributed by atoms with van der Waals surface area (Å²) in [4.78, 5) is 13.2. The molecule has 2 rings (SSSR count). The average molecular weight is 295 g/mol. The van der Waals surface area contributed by atoms with Gasteiger partial charge in [0.15, 0.2) is 0 Å². The van der Waals surface area contributed by atoms with Crippen LogP contribution in [0.5, 0.6) is 5.75 Å². The second-order valence-electron chi connectivity index (χ2n) is 4.41. The van der Waals surface area contributed by atoms with E-state index in [1.807, 2.05) is 6.07 Å². The van der Waals surface area contributed by atoms with Gasteiger partial charge in [-0.15, -0.1) is 0 Å². The molecule has 1 aromatic carbocycles. The van der Waals surface area contributed by atoms with E-state index in [4.69, 9.17) is 15.1 Å². The number of nitriles is 1. The zero-order valence-corrected chi connectivity index (χ0v) is 11.6. The van der Waals surface area contributed by atoms with Crippen molar-refractivity contribution in [3.8, 4) is 11.8 Å². The molecule has 1 heterocycles. The van der Waals surface area contributed by atoms with E-state index in [-0.39, 0.29) is 24.4 Å². The van der Waals surface area contributed by atoms with Gasteiger partial charge < -0.3 is 9.64 Å². The van der Waals surface area contributed by atoms with Crippen LogP contribution in [-0.2, 0) is 14.8 Å². The van der Waals surface area contributed by atoms with Crippen molar-refractivity contribution in [3.63, 3.8) is 0 Å². The molecule has 0 saturated carbocycles. The fourth-order valence-corrected chi connectivity index (χ4v) is 2.83. The van der Waals surface area contributed by atoms with E-state index >= 15 is 0 Å². The predicted molar refractivity (Wildman–Crippen MR) is 71.6 cm³/mol. The second kappa shape index (κ2) is 5.11.